The van der Waals surface area contributed by atoms with Crippen molar-refractivity contribution in [2.75, 3.05) is 13.1 Å². The van der Waals surface area contributed by atoms with Crippen molar-refractivity contribution in [2.45, 2.75) is 164 Å². The van der Waals surface area contributed by atoms with E-state index in [0.29, 0.717) is 23.9 Å². The van der Waals surface area contributed by atoms with E-state index >= 15 is 0 Å². The molecule has 0 aromatic heterocycles. The molecule has 7 heteroatoms. The fourth-order valence-electron chi connectivity index (χ4n) is 13.0. The summed E-state index contributed by atoms with van der Waals surface area (Å²) in [6, 6.07) is 14.6. The van der Waals surface area contributed by atoms with Crippen LogP contribution in [0.2, 0.25) is 0 Å². The molecule has 2 heterocycles. The number of hydrogen-bond donors (Lipinski definition) is 2. The number of carbonyl (C=O) groups is 1. The quantitative estimate of drug-likeness (QED) is 0.209. The number of fused-ring (bicyclic) bond motifs is 2. The molecule has 2 unspecified atom stereocenters. The number of carbonyl (C=O) groups excluding carboxylic acids is 1. The zero-order valence-electron chi connectivity index (χ0n) is 31.6. The van der Waals surface area contributed by atoms with Crippen molar-refractivity contribution in [3.63, 3.8) is 0 Å². The predicted molar refractivity (Wildman–Crippen MR) is 201 cm³/mol. The number of benzene rings is 2. The van der Waals surface area contributed by atoms with E-state index in [2.05, 4.69) is 47.0 Å². The van der Waals surface area contributed by atoms with E-state index in [-0.39, 0.29) is 22.7 Å². The lowest BCUT2D eigenvalue weighted by molar-refractivity contribution is -0.238. The zero-order valence-corrected chi connectivity index (χ0v) is 31.6. The zero-order chi connectivity index (χ0) is 35.1. The molecule has 0 spiro atoms. The topological polar surface area (TPSA) is 78.1 Å². The van der Waals surface area contributed by atoms with Crippen molar-refractivity contribution in [3.05, 3.63) is 58.7 Å². The van der Waals surface area contributed by atoms with Crippen LogP contribution in [0.25, 0.3) is 0 Å². The molecule has 2 saturated heterocycles. The molecule has 0 amide bonds. The van der Waals surface area contributed by atoms with Crippen molar-refractivity contribution < 1.29 is 23.7 Å². The van der Waals surface area contributed by atoms with Crippen molar-refractivity contribution in [2.24, 2.45) is 23.7 Å². The summed E-state index contributed by atoms with van der Waals surface area (Å²) in [5.74, 6) is 1.01. The molecule has 6 aliphatic carbocycles. The van der Waals surface area contributed by atoms with E-state index in [1.54, 1.807) is 0 Å². The van der Waals surface area contributed by atoms with E-state index < -0.39 is 17.7 Å². The summed E-state index contributed by atoms with van der Waals surface area (Å²) in [4.78, 5) is 14.0. The van der Waals surface area contributed by atoms with Gasteiger partial charge in [-0.1, -0.05) is 50.7 Å². The van der Waals surface area contributed by atoms with E-state index in [1.807, 2.05) is 13.8 Å². The SMILES string of the molecule is CC(OC(=O)OC(C)(Oc1ccc2c(c1)[C@@]13CCCC[C@H]1[C@@H](C2)NCC3)C1CCC1)(Oc1ccc2c(c1)[C@@]13CCCC[C@H]1[C@@H](C2)NCC3)C1CCC1. The second-order valence-electron chi connectivity index (χ2n) is 18.6. The highest BCUT2D eigenvalue weighted by atomic mass is 16.8. The van der Waals surface area contributed by atoms with Crippen LogP contribution in [0.1, 0.15) is 139 Å². The van der Waals surface area contributed by atoms with Gasteiger partial charge in [-0.25, -0.2) is 4.79 Å². The normalized spacial score (nSPS) is 35.7. The van der Waals surface area contributed by atoms with Gasteiger partial charge in [0.1, 0.15) is 11.5 Å². The molecule has 4 bridgehead atoms. The van der Waals surface area contributed by atoms with Crippen LogP contribution in [-0.4, -0.2) is 42.9 Å². The van der Waals surface area contributed by atoms with Crippen LogP contribution in [0, 0.1) is 23.7 Å². The fourth-order valence-corrected chi connectivity index (χ4v) is 13.0. The number of ether oxygens (including phenoxy) is 4. The van der Waals surface area contributed by atoms with E-state index in [4.69, 9.17) is 18.9 Å². The third kappa shape index (κ3) is 5.36. The molecule has 2 aromatic rings. The van der Waals surface area contributed by atoms with Gasteiger partial charge in [0.25, 0.3) is 11.6 Å². The summed E-state index contributed by atoms with van der Waals surface area (Å²) in [5.41, 5.74) is 6.37. The summed E-state index contributed by atoms with van der Waals surface area (Å²) >= 11 is 0. The van der Waals surface area contributed by atoms with Crippen molar-refractivity contribution in [1.29, 1.82) is 0 Å². The Hall–Kier alpha value is -2.77. The van der Waals surface area contributed by atoms with E-state index in [1.165, 1.54) is 86.5 Å². The Balaban J connectivity index is 0.898. The Bertz CT molecular complexity index is 1570. The fraction of sp³-hybridized carbons (Fsp3) is 0.711. The van der Waals surface area contributed by atoms with Gasteiger partial charge >= 0.3 is 6.16 Å². The van der Waals surface area contributed by atoms with Gasteiger partial charge in [0, 0.05) is 48.6 Å². The lowest BCUT2D eigenvalue weighted by atomic mass is 9.53. The van der Waals surface area contributed by atoms with E-state index in [9.17, 15) is 4.79 Å². The molecule has 2 aromatic carbocycles. The maximum Gasteiger partial charge on any atom is 0.514 e. The van der Waals surface area contributed by atoms with Crippen LogP contribution >= 0.6 is 0 Å². The summed E-state index contributed by atoms with van der Waals surface area (Å²) < 4.78 is 26.4. The molecule has 52 heavy (non-hydrogen) atoms. The minimum Gasteiger partial charge on any atom is -0.452 e. The van der Waals surface area contributed by atoms with E-state index in [0.717, 1.165) is 76.0 Å². The van der Waals surface area contributed by atoms with Gasteiger partial charge in [-0.15, -0.1) is 0 Å². The lowest BCUT2D eigenvalue weighted by Gasteiger charge is -2.56. The van der Waals surface area contributed by atoms with Gasteiger partial charge in [-0.05, 0) is 148 Å². The maximum absolute atomic E-state index is 14.0. The first-order valence-corrected chi connectivity index (χ1v) is 21.3. The Labute approximate surface area is 310 Å². The van der Waals surface area contributed by atoms with Crippen LogP contribution in [0.15, 0.2) is 36.4 Å². The first-order chi connectivity index (χ1) is 25.3. The second kappa shape index (κ2) is 12.6. The summed E-state index contributed by atoms with van der Waals surface area (Å²) in [6.45, 7) is 6.09. The van der Waals surface area contributed by atoms with Gasteiger partial charge in [0.2, 0.25) is 0 Å². The molecule has 8 aliphatic rings. The Morgan fingerprint density at radius 2 is 1.08 bits per heavy atom. The first-order valence-electron chi connectivity index (χ1n) is 21.3. The third-order valence-electron chi connectivity index (χ3n) is 16.1. The van der Waals surface area contributed by atoms with Crippen LogP contribution in [0.5, 0.6) is 11.5 Å². The van der Waals surface area contributed by atoms with Gasteiger partial charge in [-0.3, -0.25) is 0 Å². The van der Waals surface area contributed by atoms with Gasteiger partial charge in [0.15, 0.2) is 0 Å². The first kappa shape index (κ1) is 33.8. The maximum atomic E-state index is 14.0. The average molecular weight is 709 g/mol. The number of rotatable bonds is 8. The van der Waals surface area contributed by atoms with Crippen molar-refractivity contribution in [3.8, 4) is 11.5 Å². The van der Waals surface area contributed by atoms with Gasteiger partial charge in [0.05, 0.1) is 0 Å². The summed E-state index contributed by atoms with van der Waals surface area (Å²) in [7, 11) is 0. The minimum absolute atomic E-state index is 0.118. The molecule has 2 N–H and O–H groups in total. The van der Waals surface area contributed by atoms with Crippen LogP contribution < -0.4 is 20.1 Å². The molecule has 4 saturated carbocycles. The standard InChI is InChI=1S/C45H60N2O5/c1-42(31-9-7-10-31,49-33-17-15-29-25-39-35-13-3-5-19-44(35,21-23-46-39)37(29)27-33)51-41(48)52-43(2,32-11-8-12-32)50-34-18-16-30-26-40-36-14-4-6-20-45(36,22-24-47-40)38(30)28-34/h15-18,27-28,31-32,35-36,39-40,46-47H,3-14,19-26H2,1-2H3/t35-,36-,39+,40+,42?,43?,44+,45+/m0/s1. The van der Waals surface area contributed by atoms with Crippen LogP contribution in [-0.2, 0) is 33.1 Å². The number of piperidine rings is 2. The lowest BCUT2D eigenvalue weighted by Crippen LogP contribution is -2.59. The van der Waals surface area contributed by atoms with Crippen LogP contribution in [0.4, 0.5) is 4.79 Å². The monoisotopic (exact) mass is 708 g/mol. The van der Waals surface area contributed by atoms with Gasteiger partial charge < -0.3 is 29.6 Å². The molecule has 7 nitrogen and oxygen atoms in total. The highest BCUT2D eigenvalue weighted by Gasteiger charge is 2.54. The molecule has 10 rings (SSSR count). The van der Waals surface area contributed by atoms with Crippen molar-refractivity contribution >= 4 is 6.16 Å². The van der Waals surface area contributed by atoms with Crippen molar-refractivity contribution in [1.82, 2.24) is 10.6 Å². The Morgan fingerprint density at radius 3 is 1.50 bits per heavy atom. The molecule has 0 radical (unpaired) electrons. The summed E-state index contributed by atoms with van der Waals surface area (Å²) in [5, 5.41) is 7.71. The highest BCUT2D eigenvalue weighted by Crippen LogP contribution is 2.56. The van der Waals surface area contributed by atoms with Crippen LogP contribution in [0.3, 0.4) is 0 Å². The van der Waals surface area contributed by atoms with Gasteiger partial charge in [-0.2, -0.15) is 0 Å². The number of hydrogen-bond acceptors (Lipinski definition) is 7. The second-order valence-corrected chi connectivity index (χ2v) is 18.6. The Morgan fingerprint density at radius 1 is 0.615 bits per heavy atom. The molecule has 8 atom stereocenters. The minimum atomic E-state index is -1.12. The average Bonchev–Trinajstić information content (AvgIpc) is 3.07. The molecular formula is C45H60N2O5. The number of nitrogens with one attached hydrogen (secondary N) is 2. The summed E-state index contributed by atoms with van der Waals surface area (Å²) in [6.07, 6.45) is 20.4. The molecule has 6 fully saturated rings. The Kier molecular flexibility index (Phi) is 8.21. The predicted octanol–water partition coefficient (Wildman–Crippen LogP) is 9.02. The molecule has 2 aliphatic heterocycles. The molecule has 280 valence electrons. The smallest absolute Gasteiger partial charge is 0.452 e. The molecular weight excluding hydrogens is 649 g/mol. The highest BCUT2D eigenvalue weighted by molar-refractivity contribution is 5.61. The third-order valence-corrected chi connectivity index (χ3v) is 16.1. The largest absolute Gasteiger partial charge is 0.514 e.